The zero-order chi connectivity index (χ0) is 12.1. The molecule has 16 heavy (non-hydrogen) atoms. The van der Waals surface area contributed by atoms with Crippen LogP contribution in [0.2, 0.25) is 0 Å². The van der Waals surface area contributed by atoms with E-state index in [1.165, 1.54) is 6.07 Å². The van der Waals surface area contributed by atoms with Crippen LogP contribution in [0.5, 0.6) is 0 Å². The Morgan fingerprint density at radius 2 is 2.19 bits per heavy atom. The lowest BCUT2D eigenvalue weighted by Crippen LogP contribution is -2.04. The standard InChI is InChI=1S/C9H7F2N3O2/c10-6-2-1-5(3-7(6)11)8(13-14-12)4-9(15)16/h1-3,8H,4H2,(H,15,16). The molecule has 1 aromatic carbocycles. The van der Waals surface area contributed by atoms with Crippen molar-refractivity contribution in [3.63, 3.8) is 0 Å². The molecule has 1 N–H and O–H groups in total. The number of nitrogens with zero attached hydrogens (tertiary/aromatic N) is 3. The second-order valence-electron chi connectivity index (χ2n) is 2.99. The van der Waals surface area contributed by atoms with E-state index < -0.39 is 30.1 Å². The van der Waals surface area contributed by atoms with Gasteiger partial charge >= 0.3 is 5.97 Å². The minimum Gasteiger partial charge on any atom is -0.481 e. The van der Waals surface area contributed by atoms with E-state index in [2.05, 4.69) is 10.0 Å². The number of rotatable bonds is 4. The lowest BCUT2D eigenvalue weighted by Gasteiger charge is -2.08. The predicted molar refractivity (Wildman–Crippen MR) is 50.5 cm³/mol. The Hall–Kier alpha value is -2.14. The van der Waals surface area contributed by atoms with Gasteiger partial charge < -0.3 is 5.11 Å². The number of carboxylic acids is 1. The van der Waals surface area contributed by atoms with E-state index in [-0.39, 0.29) is 5.56 Å². The van der Waals surface area contributed by atoms with E-state index in [1.54, 1.807) is 0 Å². The normalized spacial score (nSPS) is 11.6. The van der Waals surface area contributed by atoms with E-state index in [1.807, 2.05) is 0 Å². The third-order valence-electron chi connectivity index (χ3n) is 1.89. The molecule has 0 aliphatic rings. The van der Waals surface area contributed by atoms with Crippen LogP contribution in [0.3, 0.4) is 0 Å². The van der Waals surface area contributed by atoms with Gasteiger partial charge in [0, 0.05) is 4.91 Å². The van der Waals surface area contributed by atoms with Crippen molar-refractivity contribution in [1.29, 1.82) is 0 Å². The third-order valence-corrected chi connectivity index (χ3v) is 1.89. The first-order chi connectivity index (χ1) is 7.54. The number of hydrogen-bond acceptors (Lipinski definition) is 2. The molecular formula is C9H7F2N3O2. The molecule has 0 fully saturated rings. The summed E-state index contributed by atoms with van der Waals surface area (Å²) in [5.74, 6) is -3.35. The van der Waals surface area contributed by atoms with Crippen molar-refractivity contribution in [2.75, 3.05) is 0 Å². The van der Waals surface area contributed by atoms with Crippen LogP contribution in [0.25, 0.3) is 10.4 Å². The molecule has 1 aromatic rings. The van der Waals surface area contributed by atoms with Crippen LogP contribution < -0.4 is 0 Å². The molecule has 0 bridgehead atoms. The lowest BCUT2D eigenvalue weighted by atomic mass is 10.0. The molecule has 84 valence electrons. The van der Waals surface area contributed by atoms with Crippen molar-refractivity contribution in [2.24, 2.45) is 5.11 Å². The number of benzene rings is 1. The van der Waals surface area contributed by atoms with Crippen molar-refractivity contribution >= 4 is 5.97 Å². The van der Waals surface area contributed by atoms with Gasteiger partial charge in [-0.25, -0.2) is 8.78 Å². The van der Waals surface area contributed by atoms with Gasteiger partial charge in [-0.05, 0) is 23.2 Å². The zero-order valence-corrected chi connectivity index (χ0v) is 7.97. The van der Waals surface area contributed by atoms with Crippen molar-refractivity contribution in [3.8, 4) is 0 Å². The fourth-order valence-corrected chi connectivity index (χ4v) is 1.17. The Balaban J connectivity index is 3.05. The summed E-state index contributed by atoms with van der Waals surface area (Å²) in [6, 6.07) is 1.81. The van der Waals surface area contributed by atoms with Crippen LogP contribution in [-0.4, -0.2) is 11.1 Å². The maximum atomic E-state index is 12.9. The van der Waals surface area contributed by atoms with Gasteiger partial charge in [-0.3, -0.25) is 4.79 Å². The van der Waals surface area contributed by atoms with Crippen molar-refractivity contribution in [3.05, 3.63) is 45.8 Å². The molecule has 0 aliphatic carbocycles. The van der Waals surface area contributed by atoms with Crippen molar-refractivity contribution < 1.29 is 18.7 Å². The van der Waals surface area contributed by atoms with Crippen LogP contribution in [0.15, 0.2) is 23.3 Å². The Morgan fingerprint density at radius 3 is 2.69 bits per heavy atom. The molecule has 1 unspecified atom stereocenters. The van der Waals surface area contributed by atoms with Crippen molar-refractivity contribution in [2.45, 2.75) is 12.5 Å². The molecule has 0 radical (unpaired) electrons. The quantitative estimate of drug-likeness (QED) is 0.487. The van der Waals surface area contributed by atoms with Crippen LogP contribution in [0.4, 0.5) is 8.78 Å². The zero-order valence-electron chi connectivity index (χ0n) is 7.97. The van der Waals surface area contributed by atoms with E-state index in [9.17, 15) is 13.6 Å². The molecule has 0 aliphatic heterocycles. The number of carbonyl (C=O) groups is 1. The molecule has 0 aromatic heterocycles. The van der Waals surface area contributed by atoms with E-state index in [0.29, 0.717) is 0 Å². The van der Waals surface area contributed by atoms with Gasteiger partial charge in [0.1, 0.15) is 0 Å². The highest BCUT2D eigenvalue weighted by Gasteiger charge is 2.15. The maximum Gasteiger partial charge on any atom is 0.304 e. The summed E-state index contributed by atoms with van der Waals surface area (Å²) >= 11 is 0. The topological polar surface area (TPSA) is 86.1 Å². The molecular weight excluding hydrogens is 220 g/mol. The smallest absolute Gasteiger partial charge is 0.304 e. The number of halogens is 2. The van der Waals surface area contributed by atoms with Gasteiger partial charge in [0.2, 0.25) is 0 Å². The average molecular weight is 227 g/mol. The highest BCUT2D eigenvalue weighted by Crippen LogP contribution is 2.23. The molecule has 0 heterocycles. The number of carboxylic acid groups (broad SMARTS) is 1. The largest absolute Gasteiger partial charge is 0.481 e. The third kappa shape index (κ3) is 2.93. The van der Waals surface area contributed by atoms with Crippen LogP contribution >= 0.6 is 0 Å². The average Bonchev–Trinajstić information content (AvgIpc) is 2.21. The summed E-state index contributed by atoms with van der Waals surface area (Å²) in [6.07, 6.45) is -0.477. The Morgan fingerprint density at radius 1 is 1.50 bits per heavy atom. The maximum absolute atomic E-state index is 12.9. The van der Waals surface area contributed by atoms with E-state index in [4.69, 9.17) is 10.6 Å². The SMILES string of the molecule is [N-]=[N+]=NC(CC(=O)O)c1ccc(F)c(F)c1. The second kappa shape index (κ2) is 5.09. The summed E-state index contributed by atoms with van der Waals surface area (Å²) in [6.45, 7) is 0. The van der Waals surface area contributed by atoms with Crippen LogP contribution in [0.1, 0.15) is 18.0 Å². The lowest BCUT2D eigenvalue weighted by molar-refractivity contribution is -0.137. The number of hydrogen-bond donors (Lipinski definition) is 1. The molecule has 5 nitrogen and oxygen atoms in total. The van der Waals surface area contributed by atoms with Gasteiger partial charge in [-0.1, -0.05) is 11.2 Å². The van der Waals surface area contributed by atoms with Crippen LogP contribution in [0, 0.1) is 11.6 Å². The molecule has 1 atom stereocenters. The first-order valence-electron chi connectivity index (χ1n) is 4.25. The number of aliphatic carboxylic acids is 1. The summed E-state index contributed by atoms with van der Waals surface area (Å²) in [5.41, 5.74) is 8.36. The van der Waals surface area contributed by atoms with Gasteiger partial charge in [-0.2, -0.15) is 0 Å². The van der Waals surface area contributed by atoms with E-state index >= 15 is 0 Å². The monoisotopic (exact) mass is 227 g/mol. The highest BCUT2D eigenvalue weighted by molar-refractivity contribution is 5.68. The second-order valence-corrected chi connectivity index (χ2v) is 2.99. The first-order valence-corrected chi connectivity index (χ1v) is 4.25. The molecule has 7 heteroatoms. The van der Waals surface area contributed by atoms with Gasteiger partial charge in [0.15, 0.2) is 11.6 Å². The van der Waals surface area contributed by atoms with Gasteiger partial charge in [0.05, 0.1) is 12.5 Å². The van der Waals surface area contributed by atoms with Gasteiger partial charge in [0.25, 0.3) is 0 Å². The summed E-state index contributed by atoms with van der Waals surface area (Å²) < 4.78 is 25.5. The van der Waals surface area contributed by atoms with Gasteiger partial charge in [-0.15, -0.1) is 0 Å². The molecule has 0 saturated heterocycles. The highest BCUT2D eigenvalue weighted by atomic mass is 19.2. The summed E-state index contributed by atoms with van der Waals surface area (Å²) in [4.78, 5) is 12.9. The molecule has 1 rings (SSSR count). The van der Waals surface area contributed by atoms with Crippen LogP contribution in [-0.2, 0) is 4.79 Å². The Labute approximate surface area is 88.9 Å². The summed E-state index contributed by atoms with van der Waals surface area (Å²) in [5, 5.41) is 11.8. The summed E-state index contributed by atoms with van der Waals surface area (Å²) in [7, 11) is 0. The fraction of sp³-hybridized carbons (Fsp3) is 0.222. The molecule has 0 amide bonds. The number of azide groups is 1. The first kappa shape index (κ1) is 11.9. The Kier molecular flexibility index (Phi) is 3.79. The minimum atomic E-state index is -1.19. The van der Waals surface area contributed by atoms with E-state index in [0.717, 1.165) is 12.1 Å². The predicted octanol–water partition coefficient (Wildman–Crippen LogP) is 2.79. The minimum absolute atomic E-state index is 0.124. The Bertz CT molecular complexity index is 458. The fourth-order valence-electron chi connectivity index (χ4n) is 1.17. The molecule has 0 spiro atoms. The molecule has 0 saturated carbocycles. The van der Waals surface area contributed by atoms with Crippen molar-refractivity contribution in [1.82, 2.24) is 0 Å².